The van der Waals surface area contributed by atoms with Crippen molar-refractivity contribution >= 4 is 22.2 Å². The summed E-state index contributed by atoms with van der Waals surface area (Å²) in [5, 5.41) is 14.7. The summed E-state index contributed by atoms with van der Waals surface area (Å²) in [7, 11) is 4.19. The van der Waals surface area contributed by atoms with Gasteiger partial charge in [0.15, 0.2) is 0 Å². The quantitative estimate of drug-likeness (QED) is 0.454. The molecule has 4 rings (SSSR count). The van der Waals surface area contributed by atoms with Gasteiger partial charge < -0.3 is 9.47 Å². The van der Waals surface area contributed by atoms with Crippen LogP contribution >= 0.6 is 11.3 Å². The maximum absolute atomic E-state index is 9.36. The number of hydrogen-bond donors (Lipinski definition) is 0. The Morgan fingerprint density at radius 3 is 2.71 bits per heavy atom. The Labute approximate surface area is 169 Å². The normalized spacial score (nSPS) is 11.2. The molecule has 140 valence electrons. The predicted octanol–water partition coefficient (Wildman–Crippen LogP) is 5.26. The lowest BCUT2D eigenvalue weighted by Crippen LogP contribution is -2.14. The molecule has 0 bridgehead atoms. The zero-order valence-electron chi connectivity index (χ0n) is 16.1. The molecule has 0 fully saturated rings. The summed E-state index contributed by atoms with van der Waals surface area (Å²) >= 11 is 1.69. The van der Waals surface area contributed by atoms with Crippen LogP contribution in [0.5, 0.6) is 0 Å². The van der Waals surface area contributed by atoms with Gasteiger partial charge in [0.1, 0.15) is 0 Å². The summed E-state index contributed by atoms with van der Waals surface area (Å²) in [6.45, 7) is 1.98. The molecule has 0 saturated carbocycles. The van der Waals surface area contributed by atoms with Gasteiger partial charge in [-0.2, -0.15) is 16.6 Å². The highest BCUT2D eigenvalue weighted by molar-refractivity contribution is 7.08. The van der Waals surface area contributed by atoms with Gasteiger partial charge >= 0.3 is 0 Å². The van der Waals surface area contributed by atoms with Crippen molar-refractivity contribution in [3.8, 4) is 28.3 Å². The third-order valence-corrected chi connectivity index (χ3v) is 5.60. The Kier molecular flexibility index (Phi) is 5.25. The van der Waals surface area contributed by atoms with E-state index in [9.17, 15) is 5.26 Å². The summed E-state index contributed by atoms with van der Waals surface area (Å²) in [5.74, 6) is 0. The van der Waals surface area contributed by atoms with E-state index in [4.69, 9.17) is 0 Å². The molecule has 0 atom stereocenters. The molecule has 0 N–H and O–H groups in total. The largest absolute Gasteiger partial charge is 0.347 e. The van der Waals surface area contributed by atoms with E-state index in [1.807, 2.05) is 24.5 Å². The fourth-order valence-electron chi connectivity index (χ4n) is 3.51. The second-order valence-corrected chi connectivity index (χ2v) is 7.99. The first kappa shape index (κ1) is 18.4. The third kappa shape index (κ3) is 3.70. The van der Waals surface area contributed by atoms with Crippen LogP contribution in [-0.2, 0) is 6.54 Å². The van der Waals surface area contributed by atoms with Gasteiger partial charge in [-0.3, -0.25) is 4.98 Å². The molecule has 0 amide bonds. The Morgan fingerprint density at radius 2 is 1.96 bits per heavy atom. The lowest BCUT2D eigenvalue weighted by molar-refractivity contribution is 0.388. The lowest BCUT2D eigenvalue weighted by atomic mass is 10.0. The molecule has 0 aliphatic rings. The zero-order chi connectivity index (χ0) is 19.5. The average molecular weight is 387 g/mol. The van der Waals surface area contributed by atoms with E-state index in [-0.39, 0.29) is 0 Å². The highest BCUT2D eigenvalue weighted by Gasteiger charge is 2.13. The van der Waals surface area contributed by atoms with Crippen LogP contribution in [0, 0.1) is 11.3 Å². The van der Waals surface area contributed by atoms with Gasteiger partial charge in [-0.15, -0.1) is 0 Å². The lowest BCUT2D eigenvalue weighted by Gasteiger charge is -2.10. The van der Waals surface area contributed by atoms with Crippen LogP contribution in [0.1, 0.15) is 12.0 Å². The Morgan fingerprint density at radius 1 is 1.11 bits per heavy atom. The van der Waals surface area contributed by atoms with E-state index < -0.39 is 0 Å². The maximum Gasteiger partial charge on any atom is 0.0991 e. The fourth-order valence-corrected chi connectivity index (χ4v) is 4.18. The minimum atomic E-state index is 0.682. The second-order valence-electron chi connectivity index (χ2n) is 7.21. The third-order valence-electron chi connectivity index (χ3n) is 4.92. The molecule has 0 spiro atoms. The smallest absolute Gasteiger partial charge is 0.0991 e. The molecule has 4 nitrogen and oxygen atoms in total. The number of aryl methyl sites for hydroxylation is 1. The van der Waals surface area contributed by atoms with E-state index >= 15 is 0 Å². The van der Waals surface area contributed by atoms with Crippen molar-refractivity contribution in [1.82, 2.24) is 14.5 Å². The Bertz CT molecular complexity index is 1130. The molecule has 4 aromatic rings. The molecule has 3 aromatic heterocycles. The zero-order valence-corrected chi connectivity index (χ0v) is 16.9. The minimum absolute atomic E-state index is 0.682. The summed E-state index contributed by atoms with van der Waals surface area (Å²) in [5.41, 5.74) is 6.35. The van der Waals surface area contributed by atoms with Crippen molar-refractivity contribution < 1.29 is 0 Å². The van der Waals surface area contributed by atoms with E-state index in [1.165, 1.54) is 5.56 Å². The highest BCUT2D eigenvalue weighted by Crippen LogP contribution is 2.33. The Balaban J connectivity index is 1.80. The van der Waals surface area contributed by atoms with Gasteiger partial charge in [0.2, 0.25) is 0 Å². The van der Waals surface area contributed by atoms with Crippen molar-refractivity contribution in [3.05, 3.63) is 65.2 Å². The van der Waals surface area contributed by atoms with Crippen LogP contribution in [-0.4, -0.2) is 35.1 Å². The van der Waals surface area contributed by atoms with Crippen LogP contribution < -0.4 is 0 Å². The standard InChI is InChI=1S/C23H22N4S/c1-26(2)7-3-8-27-15-22(21-10-17(12-24)4-5-23(21)27)20-11-19(13-25-14-20)18-6-9-28-16-18/h4-6,9-11,13-16H,3,7-8H2,1-2H3. The van der Waals surface area contributed by atoms with Crippen molar-refractivity contribution in [2.75, 3.05) is 20.6 Å². The fraction of sp³-hybridized carbons (Fsp3) is 0.217. The maximum atomic E-state index is 9.36. The number of benzene rings is 1. The minimum Gasteiger partial charge on any atom is -0.347 e. The molecule has 0 aliphatic heterocycles. The monoisotopic (exact) mass is 386 g/mol. The predicted molar refractivity (Wildman–Crippen MR) is 116 cm³/mol. The summed E-state index contributed by atoms with van der Waals surface area (Å²) in [6, 6.07) is 12.5. The molecule has 0 aliphatic carbocycles. The summed E-state index contributed by atoms with van der Waals surface area (Å²) < 4.78 is 2.30. The average Bonchev–Trinajstić information content (AvgIpc) is 3.36. The van der Waals surface area contributed by atoms with E-state index in [1.54, 1.807) is 11.3 Å². The molecule has 0 saturated heterocycles. The summed E-state index contributed by atoms with van der Waals surface area (Å²) in [4.78, 5) is 6.69. The van der Waals surface area contributed by atoms with Crippen LogP contribution in [0.15, 0.2) is 59.7 Å². The highest BCUT2D eigenvalue weighted by atomic mass is 32.1. The van der Waals surface area contributed by atoms with E-state index in [0.29, 0.717) is 5.56 Å². The molecule has 5 heteroatoms. The van der Waals surface area contributed by atoms with Gasteiger partial charge in [0.25, 0.3) is 0 Å². The molecule has 28 heavy (non-hydrogen) atoms. The second kappa shape index (κ2) is 7.97. The van der Waals surface area contributed by atoms with E-state index in [0.717, 1.165) is 47.1 Å². The van der Waals surface area contributed by atoms with Crippen LogP contribution in [0.4, 0.5) is 0 Å². The van der Waals surface area contributed by atoms with Crippen LogP contribution in [0.2, 0.25) is 0 Å². The van der Waals surface area contributed by atoms with Gasteiger partial charge in [-0.25, -0.2) is 0 Å². The molecular formula is C23H22N4S. The summed E-state index contributed by atoms with van der Waals surface area (Å²) in [6.07, 6.45) is 7.09. The van der Waals surface area contributed by atoms with Gasteiger partial charge in [0, 0.05) is 52.7 Å². The van der Waals surface area contributed by atoms with Gasteiger partial charge in [0.05, 0.1) is 11.6 Å². The molecule has 3 heterocycles. The number of nitriles is 1. The van der Waals surface area contributed by atoms with Crippen molar-refractivity contribution in [2.24, 2.45) is 0 Å². The molecule has 0 radical (unpaired) electrons. The Hall–Kier alpha value is -2.94. The number of rotatable bonds is 6. The van der Waals surface area contributed by atoms with Crippen molar-refractivity contribution in [1.29, 1.82) is 5.26 Å². The first-order chi connectivity index (χ1) is 13.7. The first-order valence-corrected chi connectivity index (χ1v) is 10.3. The molecular weight excluding hydrogens is 364 g/mol. The number of thiophene rings is 1. The number of hydrogen-bond acceptors (Lipinski definition) is 4. The topological polar surface area (TPSA) is 44.9 Å². The first-order valence-electron chi connectivity index (χ1n) is 9.31. The van der Waals surface area contributed by atoms with Gasteiger partial charge in [-0.05, 0) is 73.7 Å². The van der Waals surface area contributed by atoms with Crippen LogP contribution in [0.3, 0.4) is 0 Å². The number of fused-ring (bicyclic) bond motifs is 1. The van der Waals surface area contributed by atoms with Crippen LogP contribution in [0.25, 0.3) is 33.2 Å². The molecule has 0 unspecified atom stereocenters. The van der Waals surface area contributed by atoms with E-state index in [2.05, 4.69) is 69.8 Å². The number of pyridine rings is 1. The van der Waals surface area contributed by atoms with Crippen molar-refractivity contribution in [2.45, 2.75) is 13.0 Å². The number of aromatic nitrogens is 2. The SMILES string of the molecule is CN(C)CCCn1cc(-c2cncc(-c3ccsc3)c2)c2cc(C#N)ccc21. The number of nitrogens with zero attached hydrogens (tertiary/aromatic N) is 4. The van der Waals surface area contributed by atoms with Gasteiger partial charge in [-0.1, -0.05) is 0 Å². The van der Waals surface area contributed by atoms with Crippen molar-refractivity contribution in [3.63, 3.8) is 0 Å². The molecule has 1 aromatic carbocycles.